The number of fused-ring (bicyclic) bond motifs is 1. The van der Waals surface area contributed by atoms with Crippen LogP contribution in [0.1, 0.15) is 50.4 Å². The van der Waals surface area contributed by atoms with Crippen molar-refractivity contribution in [1.82, 2.24) is 0 Å². The van der Waals surface area contributed by atoms with Crippen LogP contribution in [0.2, 0.25) is 0 Å². The van der Waals surface area contributed by atoms with Crippen molar-refractivity contribution in [1.29, 1.82) is 0 Å². The Hall–Kier alpha value is -4.65. The number of methoxy groups -OCH3 is 6. The molecule has 1 aliphatic rings. The lowest BCUT2D eigenvalue weighted by Gasteiger charge is -2.27. The molecule has 3 atom stereocenters. The second-order valence-electron chi connectivity index (χ2n) is 9.83. The van der Waals surface area contributed by atoms with Gasteiger partial charge >= 0.3 is 0 Å². The number of hydrogen-bond acceptors (Lipinski definition) is 7. The fraction of sp³-hybridized carbons (Fsp3) is 0.265. The van der Waals surface area contributed by atoms with Gasteiger partial charge in [-0.15, -0.1) is 0 Å². The van der Waals surface area contributed by atoms with Crippen molar-refractivity contribution in [3.05, 3.63) is 107 Å². The van der Waals surface area contributed by atoms with Gasteiger partial charge < -0.3 is 28.4 Å². The highest BCUT2D eigenvalue weighted by atomic mass is 16.5. The van der Waals surface area contributed by atoms with Gasteiger partial charge in [-0.3, -0.25) is 4.79 Å². The highest BCUT2D eigenvalue weighted by Gasteiger charge is 2.48. The standard InChI is InChI=1S/C34H34O7/c1-36-23-11-7-20(8-12-23)30-31(22-15-25(38-3)17-26(16-22)39-4)32-28(18-27(40-5)19-29(32)41-6)33(30)34(35)21-9-13-24(37-2)14-10-21/h7-19,30-31,33H,1-6H3. The predicted molar refractivity (Wildman–Crippen MR) is 157 cm³/mol. The van der Waals surface area contributed by atoms with Gasteiger partial charge in [0.05, 0.1) is 48.6 Å². The Bertz CT molecular complexity index is 1500. The first-order valence-corrected chi connectivity index (χ1v) is 13.3. The van der Waals surface area contributed by atoms with E-state index in [4.69, 9.17) is 28.4 Å². The third-order valence-electron chi connectivity index (χ3n) is 7.86. The Balaban J connectivity index is 1.81. The van der Waals surface area contributed by atoms with Crippen LogP contribution in [0.25, 0.3) is 0 Å². The van der Waals surface area contributed by atoms with Crippen molar-refractivity contribution in [3.8, 4) is 34.5 Å². The van der Waals surface area contributed by atoms with Gasteiger partial charge in [-0.1, -0.05) is 12.1 Å². The fourth-order valence-electron chi connectivity index (χ4n) is 5.90. The summed E-state index contributed by atoms with van der Waals surface area (Å²) in [6.07, 6.45) is 0. The van der Waals surface area contributed by atoms with Crippen molar-refractivity contribution < 1.29 is 33.2 Å². The molecule has 0 bridgehead atoms. The van der Waals surface area contributed by atoms with E-state index in [9.17, 15) is 4.79 Å². The summed E-state index contributed by atoms with van der Waals surface area (Å²) in [5.74, 6) is 2.89. The molecule has 0 saturated heterocycles. The molecule has 0 N–H and O–H groups in total. The minimum Gasteiger partial charge on any atom is -0.497 e. The average Bonchev–Trinajstić information content (AvgIpc) is 3.38. The molecule has 4 aromatic rings. The molecule has 0 fully saturated rings. The molecule has 4 aromatic carbocycles. The summed E-state index contributed by atoms with van der Waals surface area (Å²) in [4.78, 5) is 14.5. The summed E-state index contributed by atoms with van der Waals surface area (Å²) in [5.41, 5.74) is 4.30. The Morgan fingerprint density at radius 3 is 1.56 bits per heavy atom. The lowest BCUT2D eigenvalue weighted by Crippen LogP contribution is -2.20. The Morgan fingerprint density at radius 2 is 1.05 bits per heavy atom. The van der Waals surface area contributed by atoms with Crippen LogP contribution in [0.4, 0.5) is 0 Å². The highest BCUT2D eigenvalue weighted by molar-refractivity contribution is 6.03. The number of Topliss-reactive ketones (excluding diaryl/α,β-unsaturated/α-hetero) is 1. The van der Waals surface area contributed by atoms with Crippen LogP contribution in [0.5, 0.6) is 34.5 Å². The van der Waals surface area contributed by atoms with Gasteiger partial charge in [0.15, 0.2) is 5.78 Å². The molecule has 7 heteroatoms. The van der Waals surface area contributed by atoms with Crippen LogP contribution in [0.3, 0.4) is 0 Å². The fourth-order valence-corrected chi connectivity index (χ4v) is 5.90. The molecular weight excluding hydrogens is 520 g/mol. The smallest absolute Gasteiger partial charge is 0.170 e. The zero-order valence-corrected chi connectivity index (χ0v) is 24.1. The molecule has 0 saturated carbocycles. The lowest BCUT2D eigenvalue weighted by atomic mass is 9.75. The van der Waals surface area contributed by atoms with E-state index in [0.29, 0.717) is 34.3 Å². The molecule has 3 unspecified atom stereocenters. The first kappa shape index (κ1) is 27.9. The summed E-state index contributed by atoms with van der Waals surface area (Å²) < 4.78 is 33.7. The number of carbonyl (C=O) groups excluding carboxylic acids is 1. The van der Waals surface area contributed by atoms with E-state index in [0.717, 1.165) is 28.0 Å². The lowest BCUT2D eigenvalue weighted by molar-refractivity contribution is 0.0949. The maximum Gasteiger partial charge on any atom is 0.170 e. The summed E-state index contributed by atoms with van der Waals surface area (Å²) in [6.45, 7) is 0. The Morgan fingerprint density at radius 1 is 0.537 bits per heavy atom. The SMILES string of the molecule is COc1ccc(C(=O)C2c3cc(OC)cc(OC)c3C(c3cc(OC)cc(OC)c3)C2c2ccc(OC)cc2)cc1. The summed E-state index contributed by atoms with van der Waals surface area (Å²) >= 11 is 0. The van der Waals surface area contributed by atoms with E-state index in [2.05, 4.69) is 0 Å². The van der Waals surface area contributed by atoms with Crippen molar-refractivity contribution >= 4 is 5.78 Å². The molecular formula is C34H34O7. The van der Waals surface area contributed by atoms with Crippen molar-refractivity contribution in [2.45, 2.75) is 17.8 Å². The Labute approximate surface area is 240 Å². The van der Waals surface area contributed by atoms with Crippen LogP contribution < -0.4 is 28.4 Å². The van der Waals surface area contributed by atoms with Crippen molar-refractivity contribution in [2.24, 2.45) is 0 Å². The third kappa shape index (κ3) is 5.15. The van der Waals surface area contributed by atoms with Crippen LogP contribution in [0, 0.1) is 0 Å². The van der Waals surface area contributed by atoms with Gasteiger partial charge in [0.1, 0.15) is 34.5 Å². The van der Waals surface area contributed by atoms with Crippen LogP contribution in [0.15, 0.2) is 78.9 Å². The highest BCUT2D eigenvalue weighted by Crippen LogP contribution is 2.59. The van der Waals surface area contributed by atoms with Gasteiger partial charge in [-0.2, -0.15) is 0 Å². The van der Waals surface area contributed by atoms with Gasteiger partial charge in [-0.25, -0.2) is 0 Å². The quantitative estimate of drug-likeness (QED) is 0.204. The molecule has 0 aromatic heterocycles. The van der Waals surface area contributed by atoms with Gasteiger partial charge in [0.25, 0.3) is 0 Å². The maximum absolute atomic E-state index is 14.5. The van der Waals surface area contributed by atoms with Crippen LogP contribution >= 0.6 is 0 Å². The number of ether oxygens (including phenoxy) is 6. The summed E-state index contributed by atoms with van der Waals surface area (Å²) in [7, 11) is 9.75. The van der Waals surface area contributed by atoms with E-state index in [1.165, 1.54) is 0 Å². The number of benzene rings is 4. The number of carbonyl (C=O) groups is 1. The predicted octanol–water partition coefficient (Wildman–Crippen LogP) is 6.63. The van der Waals surface area contributed by atoms with Crippen molar-refractivity contribution in [2.75, 3.05) is 42.7 Å². The molecule has 1 aliphatic carbocycles. The molecule has 0 amide bonds. The van der Waals surface area contributed by atoms with E-state index in [1.54, 1.807) is 42.7 Å². The van der Waals surface area contributed by atoms with E-state index in [-0.39, 0.29) is 17.6 Å². The first-order chi connectivity index (χ1) is 20.0. The largest absolute Gasteiger partial charge is 0.497 e. The summed E-state index contributed by atoms with van der Waals surface area (Å²) in [5, 5.41) is 0. The van der Waals surface area contributed by atoms with Gasteiger partial charge in [0.2, 0.25) is 0 Å². The van der Waals surface area contributed by atoms with Crippen LogP contribution in [-0.2, 0) is 0 Å². The normalized spacial score (nSPS) is 17.4. The van der Waals surface area contributed by atoms with E-state index >= 15 is 0 Å². The van der Waals surface area contributed by atoms with Crippen molar-refractivity contribution in [3.63, 3.8) is 0 Å². The first-order valence-electron chi connectivity index (χ1n) is 13.3. The van der Waals surface area contributed by atoms with Gasteiger partial charge in [-0.05, 0) is 71.3 Å². The number of ketones is 1. The maximum atomic E-state index is 14.5. The summed E-state index contributed by atoms with van der Waals surface area (Å²) in [6, 6.07) is 24.8. The van der Waals surface area contributed by atoms with E-state index in [1.807, 2.05) is 78.9 Å². The molecule has 0 aliphatic heterocycles. The molecule has 212 valence electrons. The number of rotatable bonds is 10. The van der Waals surface area contributed by atoms with Crippen LogP contribution in [-0.4, -0.2) is 48.4 Å². The zero-order valence-electron chi connectivity index (χ0n) is 24.1. The third-order valence-corrected chi connectivity index (χ3v) is 7.86. The average molecular weight is 555 g/mol. The topological polar surface area (TPSA) is 72.5 Å². The number of hydrogen-bond donors (Lipinski definition) is 0. The minimum absolute atomic E-state index is 0.0117. The minimum atomic E-state index is -0.544. The van der Waals surface area contributed by atoms with Gasteiger partial charge in [0, 0.05) is 35.1 Å². The molecule has 41 heavy (non-hydrogen) atoms. The second kappa shape index (κ2) is 11.8. The zero-order chi connectivity index (χ0) is 29.1. The molecule has 0 radical (unpaired) electrons. The second-order valence-corrected chi connectivity index (χ2v) is 9.83. The molecule has 0 heterocycles. The van der Waals surface area contributed by atoms with E-state index < -0.39 is 5.92 Å². The Kier molecular flexibility index (Phi) is 8.06. The molecule has 0 spiro atoms. The monoisotopic (exact) mass is 554 g/mol. The molecule has 5 rings (SSSR count). The molecule has 7 nitrogen and oxygen atoms in total.